The molecular weight excluding hydrogens is 194 g/mol. The molecule has 0 spiro atoms. The van der Waals surface area contributed by atoms with Gasteiger partial charge in [-0.25, -0.2) is 0 Å². The third-order valence-corrected chi connectivity index (χ3v) is 2.69. The first-order valence-corrected chi connectivity index (χ1v) is 5.36. The summed E-state index contributed by atoms with van der Waals surface area (Å²) in [5.74, 6) is 0. The van der Waals surface area contributed by atoms with E-state index in [-0.39, 0.29) is 0 Å². The Kier molecular flexibility index (Phi) is 3.06. The summed E-state index contributed by atoms with van der Waals surface area (Å²) in [6, 6.07) is 18.5. The first kappa shape index (κ1) is 10.5. The zero-order valence-electron chi connectivity index (χ0n) is 9.35. The van der Waals surface area contributed by atoms with Crippen LogP contribution in [0.5, 0.6) is 0 Å². The molecule has 0 fully saturated rings. The number of hydrogen-bond donors (Lipinski definition) is 1. The van der Waals surface area contributed by atoms with Crippen molar-refractivity contribution in [3.8, 4) is 0 Å². The Morgan fingerprint density at radius 2 is 1.56 bits per heavy atom. The molecular formula is C15H15N. The van der Waals surface area contributed by atoms with E-state index in [1.165, 1.54) is 11.1 Å². The van der Waals surface area contributed by atoms with E-state index >= 15 is 0 Å². The highest BCUT2D eigenvalue weighted by molar-refractivity contribution is 5.80. The van der Waals surface area contributed by atoms with Crippen molar-refractivity contribution in [3.63, 3.8) is 0 Å². The van der Waals surface area contributed by atoms with Gasteiger partial charge in [0.15, 0.2) is 0 Å². The molecule has 2 N–H and O–H groups in total. The molecule has 0 radical (unpaired) electrons. The van der Waals surface area contributed by atoms with Crippen LogP contribution in [-0.2, 0) is 0 Å². The highest BCUT2D eigenvalue weighted by atomic mass is 14.5. The van der Waals surface area contributed by atoms with E-state index < -0.39 is 0 Å². The van der Waals surface area contributed by atoms with Crippen LogP contribution in [0.25, 0.3) is 5.57 Å². The molecule has 16 heavy (non-hydrogen) atoms. The van der Waals surface area contributed by atoms with E-state index in [9.17, 15) is 0 Å². The van der Waals surface area contributed by atoms with Crippen molar-refractivity contribution in [2.24, 2.45) is 5.73 Å². The molecule has 0 heterocycles. The van der Waals surface area contributed by atoms with Crippen molar-refractivity contribution in [1.82, 2.24) is 0 Å². The molecule has 0 atom stereocenters. The zero-order chi connectivity index (χ0) is 11.4. The van der Waals surface area contributed by atoms with E-state index in [0.29, 0.717) is 0 Å². The van der Waals surface area contributed by atoms with Crippen molar-refractivity contribution >= 4 is 5.57 Å². The Hall–Kier alpha value is -2.02. The summed E-state index contributed by atoms with van der Waals surface area (Å²) >= 11 is 0. The van der Waals surface area contributed by atoms with E-state index in [2.05, 4.69) is 31.2 Å². The SMILES string of the molecule is Cc1ccccc1/C(=C/N)c1ccccc1. The summed E-state index contributed by atoms with van der Waals surface area (Å²) in [4.78, 5) is 0. The molecule has 2 aromatic rings. The van der Waals surface area contributed by atoms with E-state index in [1.54, 1.807) is 6.20 Å². The molecule has 0 saturated carbocycles. The molecule has 80 valence electrons. The molecule has 0 bridgehead atoms. The van der Waals surface area contributed by atoms with Gasteiger partial charge in [0, 0.05) is 11.8 Å². The summed E-state index contributed by atoms with van der Waals surface area (Å²) < 4.78 is 0. The fraction of sp³-hybridized carbons (Fsp3) is 0.0667. The molecule has 2 rings (SSSR count). The lowest BCUT2D eigenvalue weighted by atomic mass is 9.95. The highest BCUT2D eigenvalue weighted by Gasteiger charge is 2.05. The third-order valence-electron chi connectivity index (χ3n) is 2.69. The molecule has 0 amide bonds. The Morgan fingerprint density at radius 3 is 2.19 bits per heavy atom. The summed E-state index contributed by atoms with van der Waals surface area (Å²) in [6.45, 7) is 2.10. The first-order chi connectivity index (χ1) is 7.83. The Labute approximate surface area is 96.2 Å². The van der Waals surface area contributed by atoms with Gasteiger partial charge in [-0.05, 0) is 23.6 Å². The van der Waals surface area contributed by atoms with Crippen LogP contribution in [0.4, 0.5) is 0 Å². The van der Waals surface area contributed by atoms with Gasteiger partial charge in [-0.1, -0.05) is 54.6 Å². The molecule has 0 aliphatic rings. The molecule has 0 aliphatic heterocycles. The van der Waals surface area contributed by atoms with Crippen LogP contribution >= 0.6 is 0 Å². The summed E-state index contributed by atoms with van der Waals surface area (Å²) in [5, 5.41) is 0. The van der Waals surface area contributed by atoms with Crippen LogP contribution in [0, 0.1) is 6.92 Å². The van der Waals surface area contributed by atoms with Gasteiger partial charge in [0.2, 0.25) is 0 Å². The van der Waals surface area contributed by atoms with E-state index in [1.807, 2.05) is 30.3 Å². The monoisotopic (exact) mass is 209 g/mol. The Morgan fingerprint density at radius 1 is 0.938 bits per heavy atom. The summed E-state index contributed by atoms with van der Waals surface area (Å²) in [6.07, 6.45) is 1.68. The van der Waals surface area contributed by atoms with Crippen molar-refractivity contribution in [3.05, 3.63) is 77.5 Å². The molecule has 0 aromatic heterocycles. The Balaban J connectivity index is 2.51. The average molecular weight is 209 g/mol. The number of rotatable bonds is 2. The van der Waals surface area contributed by atoms with E-state index in [4.69, 9.17) is 5.73 Å². The molecule has 0 aliphatic carbocycles. The van der Waals surface area contributed by atoms with Crippen LogP contribution < -0.4 is 5.73 Å². The highest BCUT2D eigenvalue weighted by Crippen LogP contribution is 2.24. The normalized spacial score (nSPS) is 11.4. The fourth-order valence-electron chi connectivity index (χ4n) is 1.83. The minimum absolute atomic E-state index is 1.08. The van der Waals surface area contributed by atoms with Crippen LogP contribution in [0.2, 0.25) is 0 Å². The van der Waals surface area contributed by atoms with Gasteiger partial charge in [-0.3, -0.25) is 0 Å². The molecule has 1 heteroatoms. The lowest BCUT2D eigenvalue weighted by molar-refractivity contribution is 1.40. The van der Waals surface area contributed by atoms with Gasteiger partial charge in [0.05, 0.1) is 0 Å². The van der Waals surface area contributed by atoms with Crippen molar-refractivity contribution in [1.29, 1.82) is 0 Å². The molecule has 0 unspecified atom stereocenters. The molecule has 0 saturated heterocycles. The number of hydrogen-bond acceptors (Lipinski definition) is 1. The van der Waals surface area contributed by atoms with Crippen molar-refractivity contribution in [2.75, 3.05) is 0 Å². The van der Waals surface area contributed by atoms with Gasteiger partial charge in [-0.2, -0.15) is 0 Å². The maximum absolute atomic E-state index is 5.74. The standard InChI is InChI=1S/C15H15N/c1-12-7-5-6-10-14(12)15(11-16)13-8-3-2-4-9-13/h2-11H,16H2,1H3/b15-11+. The minimum atomic E-state index is 1.08. The topological polar surface area (TPSA) is 26.0 Å². The van der Waals surface area contributed by atoms with Gasteiger partial charge >= 0.3 is 0 Å². The second-order valence-corrected chi connectivity index (χ2v) is 3.76. The zero-order valence-corrected chi connectivity index (χ0v) is 9.35. The summed E-state index contributed by atoms with van der Waals surface area (Å²) in [5.41, 5.74) is 10.4. The van der Waals surface area contributed by atoms with Crippen molar-refractivity contribution in [2.45, 2.75) is 6.92 Å². The van der Waals surface area contributed by atoms with E-state index in [0.717, 1.165) is 11.1 Å². The largest absolute Gasteiger partial charge is 0.404 e. The number of nitrogens with two attached hydrogens (primary N) is 1. The maximum atomic E-state index is 5.74. The van der Waals surface area contributed by atoms with Gasteiger partial charge in [-0.15, -0.1) is 0 Å². The van der Waals surface area contributed by atoms with Crippen molar-refractivity contribution < 1.29 is 0 Å². The van der Waals surface area contributed by atoms with Crippen LogP contribution in [0.15, 0.2) is 60.8 Å². The van der Waals surface area contributed by atoms with Crippen LogP contribution in [-0.4, -0.2) is 0 Å². The maximum Gasteiger partial charge on any atom is 0.00462 e. The number of benzene rings is 2. The Bertz CT molecular complexity index is 498. The summed E-state index contributed by atoms with van der Waals surface area (Å²) in [7, 11) is 0. The molecule has 1 nitrogen and oxygen atoms in total. The molecule has 2 aromatic carbocycles. The third kappa shape index (κ3) is 1.98. The van der Waals surface area contributed by atoms with Gasteiger partial charge < -0.3 is 5.73 Å². The smallest absolute Gasteiger partial charge is 0.00462 e. The predicted octanol–water partition coefficient (Wildman–Crippen LogP) is 3.34. The fourth-order valence-corrected chi connectivity index (χ4v) is 1.83. The quantitative estimate of drug-likeness (QED) is 0.806. The minimum Gasteiger partial charge on any atom is -0.404 e. The van der Waals surface area contributed by atoms with Crippen LogP contribution in [0.1, 0.15) is 16.7 Å². The van der Waals surface area contributed by atoms with Gasteiger partial charge in [0.25, 0.3) is 0 Å². The second kappa shape index (κ2) is 4.67. The first-order valence-electron chi connectivity index (χ1n) is 5.36. The van der Waals surface area contributed by atoms with Gasteiger partial charge in [0.1, 0.15) is 0 Å². The second-order valence-electron chi connectivity index (χ2n) is 3.76. The lowest BCUT2D eigenvalue weighted by Gasteiger charge is -2.10. The number of aryl methyl sites for hydroxylation is 1. The van der Waals surface area contributed by atoms with Crippen LogP contribution in [0.3, 0.4) is 0 Å². The average Bonchev–Trinajstić information content (AvgIpc) is 2.34. The predicted molar refractivity (Wildman–Crippen MR) is 68.9 cm³/mol. The lowest BCUT2D eigenvalue weighted by Crippen LogP contribution is -1.94.